The lowest BCUT2D eigenvalue weighted by molar-refractivity contribution is 0.452. The van der Waals surface area contributed by atoms with Crippen molar-refractivity contribution in [2.75, 3.05) is 13.1 Å². The minimum Gasteiger partial charge on any atom is -0.316 e. The summed E-state index contributed by atoms with van der Waals surface area (Å²) < 4.78 is 0. The lowest BCUT2D eigenvalue weighted by atomic mass is 9.91. The third-order valence-electron chi connectivity index (χ3n) is 3.29. The van der Waals surface area contributed by atoms with Crippen LogP contribution in [0.15, 0.2) is 0 Å². The summed E-state index contributed by atoms with van der Waals surface area (Å²) in [4.78, 5) is 0. The van der Waals surface area contributed by atoms with Gasteiger partial charge in [-0.1, -0.05) is 13.3 Å². The van der Waals surface area contributed by atoms with Crippen LogP contribution in [0.2, 0.25) is 0 Å². The van der Waals surface area contributed by atoms with E-state index in [4.69, 9.17) is 0 Å². The molecule has 0 aromatic carbocycles. The zero-order valence-electron chi connectivity index (χ0n) is 9.77. The first kappa shape index (κ1) is 10.7. The van der Waals surface area contributed by atoms with Crippen LogP contribution in [0.4, 0.5) is 0 Å². The van der Waals surface area contributed by atoms with Crippen LogP contribution < -0.4 is 5.32 Å². The molecule has 0 aliphatic carbocycles. The zero-order chi connectivity index (χ0) is 10.7. The quantitative estimate of drug-likeness (QED) is 0.797. The van der Waals surface area contributed by atoms with Gasteiger partial charge < -0.3 is 5.32 Å². The highest BCUT2D eigenvalue weighted by atomic mass is 15.1. The second-order valence-corrected chi connectivity index (χ2v) is 4.51. The van der Waals surface area contributed by atoms with Crippen LogP contribution in [-0.4, -0.2) is 23.3 Å². The first-order valence-corrected chi connectivity index (χ1v) is 6.07. The van der Waals surface area contributed by atoms with Crippen molar-refractivity contribution in [2.24, 2.45) is 0 Å². The summed E-state index contributed by atoms with van der Waals surface area (Å²) in [5.74, 6) is 0.630. The fraction of sp³-hybridized carbons (Fsp3) is 0.750. The van der Waals surface area contributed by atoms with Crippen LogP contribution in [0.25, 0.3) is 0 Å². The van der Waals surface area contributed by atoms with Gasteiger partial charge in [0.1, 0.15) is 0 Å². The van der Waals surface area contributed by atoms with Crippen LogP contribution in [0, 0.1) is 6.92 Å². The van der Waals surface area contributed by atoms with Crippen LogP contribution in [0.5, 0.6) is 0 Å². The summed E-state index contributed by atoms with van der Waals surface area (Å²) in [5.41, 5.74) is 4.05. The van der Waals surface area contributed by atoms with Crippen LogP contribution in [-0.2, 0) is 6.42 Å². The van der Waals surface area contributed by atoms with Gasteiger partial charge in [-0.3, -0.25) is 5.10 Å². The molecule has 1 fully saturated rings. The van der Waals surface area contributed by atoms with Crippen molar-refractivity contribution in [3.63, 3.8) is 0 Å². The van der Waals surface area contributed by atoms with E-state index in [9.17, 15) is 0 Å². The Balaban J connectivity index is 2.18. The average Bonchev–Trinajstić information content (AvgIpc) is 2.63. The number of H-pyrrole nitrogens is 1. The van der Waals surface area contributed by atoms with Crippen molar-refractivity contribution in [1.82, 2.24) is 15.5 Å². The van der Waals surface area contributed by atoms with Crippen LogP contribution in [0.3, 0.4) is 0 Å². The topological polar surface area (TPSA) is 40.7 Å². The third kappa shape index (κ3) is 2.23. The van der Waals surface area contributed by atoms with Gasteiger partial charge in [-0.15, -0.1) is 0 Å². The number of aromatic amines is 1. The number of aryl methyl sites for hydroxylation is 1. The molecule has 0 saturated carbocycles. The molecule has 1 aromatic rings. The second-order valence-electron chi connectivity index (χ2n) is 4.51. The molecule has 1 unspecified atom stereocenters. The van der Waals surface area contributed by atoms with Gasteiger partial charge in [0.15, 0.2) is 0 Å². The molecule has 0 radical (unpaired) electrons. The molecule has 15 heavy (non-hydrogen) atoms. The van der Waals surface area contributed by atoms with Gasteiger partial charge >= 0.3 is 0 Å². The second kappa shape index (κ2) is 4.79. The fourth-order valence-electron chi connectivity index (χ4n) is 2.46. The van der Waals surface area contributed by atoms with Gasteiger partial charge in [-0.2, -0.15) is 5.10 Å². The van der Waals surface area contributed by atoms with E-state index < -0.39 is 0 Å². The maximum absolute atomic E-state index is 4.49. The van der Waals surface area contributed by atoms with E-state index in [1.165, 1.54) is 42.8 Å². The van der Waals surface area contributed by atoms with Crippen LogP contribution in [0.1, 0.15) is 49.1 Å². The number of hydrogen-bond acceptors (Lipinski definition) is 2. The highest BCUT2D eigenvalue weighted by Gasteiger charge is 2.21. The van der Waals surface area contributed by atoms with E-state index in [2.05, 4.69) is 29.4 Å². The maximum atomic E-state index is 4.49. The molecule has 0 amide bonds. The number of rotatable bonds is 3. The molecule has 3 nitrogen and oxygen atoms in total. The van der Waals surface area contributed by atoms with Crippen molar-refractivity contribution in [3.8, 4) is 0 Å². The Morgan fingerprint density at radius 3 is 3.00 bits per heavy atom. The number of hydrogen-bond donors (Lipinski definition) is 2. The molecule has 1 atom stereocenters. The van der Waals surface area contributed by atoms with E-state index in [1.54, 1.807) is 0 Å². The summed E-state index contributed by atoms with van der Waals surface area (Å²) in [6.45, 7) is 6.64. The fourth-order valence-corrected chi connectivity index (χ4v) is 2.46. The summed E-state index contributed by atoms with van der Waals surface area (Å²) in [7, 11) is 0. The number of piperidine rings is 1. The van der Waals surface area contributed by atoms with Gasteiger partial charge in [0, 0.05) is 18.2 Å². The predicted octanol–water partition coefficient (Wildman–Crippen LogP) is 2.14. The molecule has 1 aliphatic heterocycles. The molecule has 2 rings (SSSR count). The van der Waals surface area contributed by atoms with Crippen molar-refractivity contribution in [1.29, 1.82) is 0 Å². The Bertz CT molecular complexity index is 311. The lowest BCUT2D eigenvalue weighted by Gasteiger charge is -2.22. The molecule has 1 aromatic heterocycles. The van der Waals surface area contributed by atoms with E-state index in [0.717, 1.165) is 13.0 Å². The number of aromatic nitrogens is 2. The first-order chi connectivity index (χ1) is 7.33. The van der Waals surface area contributed by atoms with Gasteiger partial charge in [0.05, 0.1) is 5.69 Å². The van der Waals surface area contributed by atoms with Gasteiger partial charge in [0.25, 0.3) is 0 Å². The maximum Gasteiger partial charge on any atom is 0.0700 e. The molecule has 2 heterocycles. The highest BCUT2D eigenvalue weighted by Crippen LogP contribution is 2.26. The minimum atomic E-state index is 0.630. The SMILES string of the molecule is CCCc1c(C2CCCNC2)n[nH]c1C. The van der Waals surface area contributed by atoms with Crippen molar-refractivity contribution >= 4 is 0 Å². The Labute approximate surface area is 91.7 Å². The summed E-state index contributed by atoms with van der Waals surface area (Å²) in [6.07, 6.45) is 4.93. The minimum absolute atomic E-state index is 0.630. The Kier molecular flexibility index (Phi) is 3.41. The molecule has 2 N–H and O–H groups in total. The highest BCUT2D eigenvalue weighted by molar-refractivity contribution is 5.28. The predicted molar refractivity (Wildman–Crippen MR) is 62.2 cm³/mol. The van der Waals surface area contributed by atoms with Gasteiger partial charge in [-0.05, 0) is 38.3 Å². The molecule has 84 valence electrons. The summed E-state index contributed by atoms with van der Waals surface area (Å²) in [6, 6.07) is 0. The average molecular weight is 207 g/mol. The lowest BCUT2D eigenvalue weighted by Crippen LogP contribution is -2.29. The summed E-state index contributed by atoms with van der Waals surface area (Å²) in [5, 5.41) is 11.1. The molecular weight excluding hydrogens is 186 g/mol. The summed E-state index contributed by atoms with van der Waals surface area (Å²) >= 11 is 0. The van der Waals surface area contributed by atoms with E-state index >= 15 is 0 Å². The molecule has 0 bridgehead atoms. The smallest absolute Gasteiger partial charge is 0.0700 e. The third-order valence-corrected chi connectivity index (χ3v) is 3.29. The van der Waals surface area contributed by atoms with E-state index in [0.29, 0.717) is 5.92 Å². The number of nitrogens with zero attached hydrogens (tertiary/aromatic N) is 1. The van der Waals surface area contributed by atoms with Crippen molar-refractivity contribution < 1.29 is 0 Å². The van der Waals surface area contributed by atoms with Crippen molar-refractivity contribution in [2.45, 2.75) is 45.4 Å². The van der Waals surface area contributed by atoms with Crippen LogP contribution >= 0.6 is 0 Å². The number of nitrogens with one attached hydrogen (secondary N) is 2. The Morgan fingerprint density at radius 2 is 2.33 bits per heavy atom. The van der Waals surface area contributed by atoms with E-state index in [-0.39, 0.29) is 0 Å². The monoisotopic (exact) mass is 207 g/mol. The normalized spacial score (nSPS) is 21.9. The van der Waals surface area contributed by atoms with Crippen molar-refractivity contribution in [3.05, 3.63) is 17.0 Å². The Morgan fingerprint density at radius 1 is 1.47 bits per heavy atom. The molecular formula is C12H21N3. The Hall–Kier alpha value is -0.830. The first-order valence-electron chi connectivity index (χ1n) is 6.07. The standard InChI is InChI=1S/C12H21N3/c1-3-5-11-9(2)14-15-12(11)10-6-4-7-13-8-10/h10,13H,3-8H2,1-2H3,(H,14,15). The van der Waals surface area contributed by atoms with Gasteiger partial charge in [0.2, 0.25) is 0 Å². The molecule has 1 saturated heterocycles. The molecule has 3 heteroatoms. The largest absolute Gasteiger partial charge is 0.316 e. The van der Waals surface area contributed by atoms with E-state index in [1.807, 2.05) is 0 Å². The molecule has 1 aliphatic rings. The molecule has 0 spiro atoms. The zero-order valence-corrected chi connectivity index (χ0v) is 9.77. The van der Waals surface area contributed by atoms with Gasteiger partial charge in [-0.25, -0.2) is 0 Å².